The van der Waals surface area contributed by atoms with Crippen molar-refractivity contribution in [2.45, 2.75) is 20.8 Å². The van der Waals surface area contributed by atoms with Crippen LogP contribution >= 0.6 is 11.3 Å². The fraction of sp³-hybridized carbons (Fsp3) is 0.375. The van der Waals surface area contributed by atoms with E-state index in [9.17, 15) is 14.7 Å². The number of rotatable bonds is 6. The van der Waals surface area contributed by atoms with E-state index < -0.39 is 11.3 Å². The third-order valence-corrected chi connectivity index (χ3v) is 4.59. The van der Waals surface area contributed by atoms with Gasteiger partial charge in [0.15, 0.2) is 17.3 Å². The second kappa shape index (κ2) is 7.06. The molecule has 24 heavy (non-hydrogen) atoms. The Kier molecular flexibility index (Phi) is 5.30. The molecule has 1 amide bonds. The zero-order valence-electron chi connectivity index (χ0n) is 13.8. The number of nitrogens with one attached hydrogen (secondary N) is 1. The number of carbonyl (C=O) groups excluding carboxylic acids is 2. The summed E-state index contributed by atoms with van der Waals surface area (Å²) in [5.41, 5.74) is 5.82. The summed E-state index contributed by atoms with van der Waals surface area (Å²) in [6.45, 7) is 5.37. The number of nitrogens with zero attached hydrogens (tertiary/aromatic N) is 2. The van der Waals surface area contributed by atoms with E-state index >= 15 is 0 Å². The van der Waals surface area contributed by atoms with E-state index in [2.05, 4.69) is 15.3 Å². The first kappa shape index (κ1) is 18.0. The van der Waals surface area contributed by atoms with E-state index in [-0.39, 0.29) is 30.4 Å². The SMILES string of the molecule is CC(=O)c1ccc(-c2cnc(N)c(C(=O)NCC(C)(C)CO)n2)s1. The number of hydrogen-bond donors (Lipinski definition) is 3. The number of hydrogen-bond acceptors (Lipinski definition) is 7. The number of amides is 1. The number of anilines is 1. The molecule has 0 unspecified atom stereocenters. The van der Waals surface area contributed by atoms with Gasteiger partial charge in [0.1, 0.15) is 0 Å². The van der Waals surface area contributed by atoms with Crippen LogP contribution in [-0.2, 0) is 0 Å². The summed E-state index contributed by atoms with van der Waals surface area (Å²) in [4.78, 5) is 33.3. The van der Waals surface area contributed by atoms with Crippen LogP contribution in [0.5, 0.6) is 0 Å². The van der Waals surface area contributed by atoms with E-state index in [0.29, 0.717) is 10.6 Å². The van der Waals surface area contributed by atoms with Gasteiger partial charge in [-0.05, 0) is 19.1 Å². The maximum atomic E-state index is 12.3. The Hall–Kier alpha value is -2.32. The number of aliphatic hydroxyl groups is 1. The monoisotopic (exact) mass is 348 g/mol. The third-order valence-electron chi connectivity index (χ3n) is 3.38. The molecule has 0 radical (unpaired) electrons. The minimum Gasteiger partial charge on any atom is -0.396 e. The highest BCUT2D eigenvalue weighted by Gasteiger charge is 2.21. The summed E-state index contributed by atoms with van der Waals surface area (Å²) in [7, 11) is 0. The molecule has 2 aromatic rings. The van der Waals surface area contributed by atoms with Gasteiger partial charge in [-0.25, -0.2) is 9.97 Å². The van der Waals surface area contributed by atoms with Crippen molar-refractivity contribution in [2.24, 2.45) is 5.41 Å². The van der Waals surface area contributed by atoms with Crippen LogP contribution in [0.4, 0.5) is 5.82 Å². The van der Waals surface area contributed by atoms with Crippen LogP contribution in [0.3, 0.4) is 0 Å². The van der Waals surface area contributed by atoms with Gasteiger partial charge in [-0.1, -0.05) is 13.8 Å². The van der Waals surface area contributed by atoms with Crippen LogP contribution in [0.15, 0.2) is 18.3 Å². The van der Waals surface area contributed by atoms with Gasteiger partial charge in [-0.2, -0.15) is 0 Å². The lowest BCUT2D eigenvalue weighted by molar-refractivity contribution is 0.0906. The Morgan fingerprint density at radius 1 is 1.38 bits per heavy atom. The number of aliphatic hydroxyl groups excluding tert-OH is 1. The van der Waals surface area contributed by atoms with E-state index in [4.69, 9.17) is 5.73 Å². The molecule has 0 saturated carbocycles. The second-order valence-corrected chi connectivity index (χ2v) is 7.30. The lowest BCUT2D eigenvalue weighted by Crippen LogP contribution is -2.36. The zero-order chi connectivity index (χ0) is 17.9. The van der Waals surface area contributed by atoms with Gasteiger partial charge in [0, 0.05) is 18.6 Å². The Labute approximate surface area is 143 Å². The van der Waals surface area contributed by atoms with Gasteiger partial charge >= 0.3 is 0 Å². The van der Waals surface area contributed by atoms with Crippen molar-refractivity contribution in [2.75, 3.05) is 18.9 Å². The molecular formula is C16H20N4O3S. The predicted molar refractivity (Wildman–Crippen MR) is 93.0 cm³/mol. The van der Waals surface area contributed by atoms with Gasteiger partial charge in [0.25, 0.3) is 5.91 Å². The molecule has 2 aromatic heterocycles. The third kappa shape index (κ3) is 4.15. The number of thiophene rings is 1. The van der Waals surface area contributed by atoms with Gasteiger partial charge < -0.3 is 16.2 Å². The summed E-state index contributed by atoms with van der Waals surface area (Å²) in [5, 5.41) is 11.9. The highest BCUT2D eigenvalue weighted by molar-refractivity contribution is 7.17. The summed E-state index contributed by atoms with van der Waals surface area (Å²) in [6.07, 6.45) is 1.47. The van der Waals surface area contributed by atoms with Gasteiger partial charge in [0.05, 0.1) is 21.6 Å². The second-order valence-electron chi connectivity index (χ2n) is 6.21. The summed E-state index contributed by atoms with van der Waals surface area (Å²) < 4.78 is 0. The molecular weight excluding hydrogens is 328 g/mol. The van der Waals surface area contributed by atoms with Crippen LogP contribution in [0, 0.1) is 5.41 Å². The van der Waals surface area contributed by atoms with E-state index in [1.807, 2.05) is 13.8 Å². The number of aromatic nitrogens is 2. The molecule has 0 spiro atoms. The molecule has 0 saturated heterocycles. The molecule has 0 aliphatic carbocycles. The van der Waals surface area contributed by atoms with Crippen molar-refractivity contribution in [3.63, 3.8) is 0 Å². The molecule has 0 bridgehead atoms. The van der Waals surface area contributed by atoms with Crippen LogP contribution in [-0.4, -0.2) is 39.9 Å². The van der Waals surface area contributed by atoms with Crippen LogP contribution < -0.4 is 11.1 Å². The molecule has 2 heterocycles. The van der Waals surface area contributed by atoms with Crippen molar-refractivity contribution >= 4 is 28.8 Å². The maximum absolute atomic E-state index is 12.3. The Bertz CT molecular complexity index is 770. The highest BCUT2D eigenvalue weighted by atomic mass is 32.1. The molecule has 8 heteroatoms. The average molecular weight is 348 g/mol. The molecule has 0 aliphatic rings. The van der Waals surface area contributed by atoms with Gasteiger partial charge in [-0.3, -0.25) is 9.59 Å². The molecule has 2 rings (SSSR count). The molecule has 0 atom stereocenters. The average Bonchev–Trinajstić information content (AvgIpc) is 3.03. The summed E-state index contributed by atoms with van der Waals surface area (Å²) in [6, 6.07) is 3.47. The normalized spacial score (nSPS) is 11.3. The molecule has 128 valence electrons. The molecule has 7 nitrogen and oxygen atoms in total. The summed E-state index contributed by atoms with van der Waals surface area (Å²) in [5.74, 6) is -0.452. The van der Waals surface area contributed by atoms with Crippen molar-refractivity contribution in [1.29, 1.82) is 0 Å². The van der Waals surface area contributed by atoms with Gasteiger partial charge in [0.2, 0.25) is 0 Å². The van der Waals surface area contributed by atoms with E-state index in [1.54, 1.807) is 12.1 Å². The molecule has 0 fully saturated rings. The number of Topliss-reactive ketones (excluding diaryl/α,β-unsaturated/α-hetero) is 1. The lowest BCUT2D eigenvalue weighted by atomic mass is 9.95. The van der Waals surface area contributed by atoms with Crippen molar-refractivity contribution in [1.82, 2.24) is 15.3 Å². The Balaban J connectivity index is 2.24. The van der Waals surface area contributed by atoms with Crippen LogP contribution in [0.1, 0.15) is 40.9 Å². The number of nitrogens with two attached hydrogens (primary N) is 1. The largest absolute Gasteiger partial charge is 0.396 e. The number of ketones is 1. The van der Waals surface area contributed by atoms with Crippen LogP contribution in [0.25, 0.3) is 10.6 Å². The van der Waals surface area contributed by atoms with Crippen LogP contribution in [0.2, 0.25) is 0 Å². The Morgan fingerprint density at radius 3 is 2.67 bits per heavy atom. The van der Waals surface area contributed by atoms with Crippen molar-refractivity contribution in [3.8, 4) is 10.6 Å². The van der Waals surface area contributed by atoms with E-state index in [1.165, 1.54) is 24.5 Å². The molecule has 4 N–H and O–H groups in total. The maximum Gasteiger partial charge on any atom is 0.273 e. The molecule has 0 aliphatic heterocycles. The standard InChI is InChI=1S/C16H20N4O3S/c1-9(22)11-4-5-12(24-11)10-6-18-14(17)13(20-10)15(23)19-7-16(2,3)8-21/h4-6,21H,7-8H2,1-3H3,(H2,17,18)(H,19,23). The van der Waals surface area contributed by atoms with Crippen molar-refractivity contribution < 1.29 is 14.7 Å². The minimum atomic E-state index is -0.452. The quantitative estimate of drug-likeness (QED) is 0.684. The highest BCUT2D eigenvalue weighted by Crippen LogP contribution is 2.27. The lowest BCUT2D eigenvalue weighted by Gasteiger charge is -2.21. The minimum absolute atomic E-state index is 0.0269. The first-order valence-electron chi connectivity index (χ1n) is 7.36. The Morgan fingerprint density at radius 2 is 2.08 bits per heavy atom. The summed E-state index contributed by atoms with van der Waals surface area (Å²) >= 11 is 1.28. The number of nitrogen functional groups attached to an aromatic ring is 1. The smallest absolute Gasteiger partial charge is 0.273 e. The topological polar surface area (TPSA) is 118 Å². The fourth-order valence-electron chi connectivity index (χ4n) is 1.81. The predicted octanol–water partition coefficient (Wildman–Crippen LogP) is 1.74. The number of carbonyl (C=O) groups is 2. The first-order chi connectivity index (χ1) is 11.2. The molecule has 0 aromatic carbocycles. The fourth-order valence-corrected chi connectivity index (χ4v) is 2.66. The van der Waals surface area contributed by atoms with E-state index in [0.717, 1.165) is 4.88 Å². The van der Waals surface area contributed by atoms with Gasteiger partial charge in [-0.15, -0.1) is 11.3 Å². The first-order valence-corrected chi connectivity index (χ1v) is 8.18. The zero-order valence-corrected chi connectivity index (χ0v) is 14.6. The van der Waals surface area contributed by atoms with Crippen molar-refractivity contribution in [3.05, 3.63) is 28.9 Å².